The molecule has 0 aliphatic carbocycles. The molecule has 4 rings (SSSR count). The lowest BCUT2D eigenvalue weighted by atomic mass is 10.2. The highest BCUT2D eigenvalue weighted by Gasteiger charge is 2.20. The van der Waals surface area contributed by atoms with Gasteiger partial charge in [0.05, 0.1) is 30.1 Å². The van der Waals surface area contributed by atoms with Gasteiger partial charge in [0.25, 0.3) is 5.91 Å². The van der Waals surface area contributed by atoms with E-state index >= 15 is 0 Å². The second-order valence-corrected chi connectivity index (χ2v) is 11.3. The van der Waals surface area contributed by atoms with Crippen molar-refractivity contribution in [2.24, 2.45) is 0 Å². The summed E-state index contributed by atoms with van der Waals surface area (Å²) in [5.74, 6) is -0.335. The number of amides is 1. The number of hydrogen-bond acceptors (Lipinski definition) is 7. The quantitative estimate of drug-likeness (QED) is 0.508. The predicted octanol–water partition coefficient (Wildman–Crippen LogP) is 4.65. The molecule has 4 aromatic rings. The molecule has 1 N–H and O–H groups in total. The minimum atomic E-state index is -3.36. The molecule has 2 aromatic heterocycles. The molecule has 0 saturated carbocycles. The van der Waals surface area contributed by atoms with E-state index < -0.39 is 15.1 Å². The Balaban J connectivity index is 1.60. The van der Waals surface area contributed by atoms with Gasteiger partial charge in [0.15, 0.2) is 15.0 Å². The van der Waals surface area contributed by atoms with Gasteiger partial charge in [-0.15, -0.1) is 11.3 Å². The summed E-state index contributed by atoms with van der Waals surface area (Å²) in [6.07, 6.45) is 0. The third kappa shape index (κ3) is 3.30. The molecule has 0 bridgehead atoms. The first-order valence-corrected chi connectivity index (χ1v) is 11.8. The monoisotopic (exact) mass is 431 g/mol. The summed E-state index contributed by atoms with van der Waals surface area (Å²) in [5, 5.41) is 3.75. The molecule has 0 saturated heterocycles. The lowest BCUT2D eigenvalue weighted by Gasteiger charge is -2.08. The summed E-state index contributed by atoms with van der Waals surface area (Å²) < 4.78 is 26.4. The second-order valence-electron chi connectivity index (χ2n) is 6.58. The van der Waals surface area contributed by atoms with Crippen LogP contribution in [0.3, 0.4) is 0 Å². The van der Waals surface area contributed by atoms with Crippen molar-refractivity contribution < 1.29 is 13.2 Å². The summed E-state index contributed by atoms with van der Waals surface area (Å²) in [6.45, 7) is 5.22. The predicted molar refractivity (Wildman–Crippen MR) is 114 cm³/mol. The van der Waals surface area contributed by atoms with Crippen LogP contribution in [0, 0.1) is 6.92 Å². The Kier molecular flexibility index (Phi) is 4.68. The summed E-state index contributed by atoms with van der Waals surface area (Å²) in [6, 6.07) is 9.86. The van der Waals surface area contributed by atoms with Crippen molar-refractivity contribution in [1.29, 1.82) is 0 Å². The number of aromatic nitrogens is 2. The summed E-state index contributed by atoms with van der Waals surface area (Å²) in [4.78, 5) is 21.8. The normalized spacial score (nSPS) is 12.1. The Hall–Kier alpha value is -2.36. The average Bonchev–Trinajstić information content (AvgIpc) is 3.23. The van der Waals surface area contributed by atoms with Gasteiger partial charge in [-0.1, -0.05) is 11.3 Å². The molecule has 144 valence electrons. The molecule has 0 radical (unpaired) electrons. The van der Waals surface area contributed by atoms with Gasteiger partial charge >= 0.3 is 0 Å². The van der Waals surface area contributed by atoms with Crippen LogP contribution in [0.25, 0.3) is 20.4 Å². The number of hydrogen-bond donors (Lipinski definition) is 1. The average molecular weight is 432 g/mol. The van der Waals surface area contributed by atoms with E-state index in [2.05, 4.69) is 15.3 Å². The lowest BCUT2D eigenvalue weighted by Crippen LogP contribution is -2.15. The fourth-order valence-electron chi connectivity index (χ4n) is 2.78. The Morgan fingerprint density at radius 1 is 1.04 bits per heavy atom. The van der Waals surface area contributed by atoms with E-state index in [1.54, 1.807) is 25.2 Å². The van der Waals surface area contributed by atoms with Crippen LogP contribution in [0.5, 0.6) is 0 Å². The Morgan fingerprint density at radius 2 is 1.75 bits per heavy atom. The van der Waals surface area contributed by atoms with Crippen LogP contribution in [0.15, 0.2) is 41.3 Å². The SMILES string of the molecule is Cc1nc2c(ccc3nc(NC(=O)c4ccc(S(=O)(=O)C(C)C)cc4)sc32)s1. The smallest absolute Gasteiger partial charge is 0.257 e. The van der Waals surface area contributed by atoms with E-state index in [0.717, 1.165) is 25.4 Å². The highest BCUT2D eigenvalue weighted by atomic mass is 32.2. The van der Waals surface area contributed by atoms with Crippen molar-refractivity contribution in [2.75, 3.05) is 5.32 Å². The fourth-order valence-corrected chi connectivity index (χ4v) is 5.69. The van der Waals surface area contributed by atoms with Crippen molar-refractivity contribution in [3.05, 3.63) is 47.0 Å². The van der Waals surface area contributed by atoms with E-state index in [-0.39, 0.29) is 10.8 Å². The second kappa shape index (κ2) is 6.91. The summed E-state index contributed by atoms with van der Waals surface area (Å²) in [5.41, 5.74) is 2.06. The van der Waals surface area contributed by atoms with E-state index in [1.807, 2.05) is 19.1 Å². The highest BCUT2D eigenvalue weighted by molar-refractivity contribution is 7.92. The molecule has 6 nitrogen and oxygen atoms in total. The number of aryl methyl sites for hydroxylation is 1. The minimum absolute atomic E-state index is 0.209. The zero-order valence-corrected chi connectivity index (χ0v) is 17.8. The van der Waals surface area contributed by atoms with E-state index in [4.69, 9.17) is 0 Å². The first-order chi connectivity index (χ1) is 13.3. The molecule has 1 amide bonds. The topological polar surface area (TPSA) is 89.0 Å². The van der Waals surface area contributed by atoms with Crippen LogP contribution in [-0.4, -0.2) is 29.5 Å². The number of nitrogens with one attached hydrogen (secondary N) is 1. The number of rotatable bonds is 4. The minimum Gasteiger partial charge on any atom is -0.298 e. The zero-order valence-electron chi connectivity index (χ0n) is 15.4. The number of benzene rings is 2. The summed E-state index contributed by atoms with van der Waals surface area (Å²) >= 11 is 3.00. The molecule has 0 unspecified atom stereocenters. The molecule has 9 heteroatoms. The highest BCUT2D eigenvalue weighted by Crippen LogP contribution is 2.34. The maximum absolute atomic E-state index is 12.5. The Morgan fingerprint density at radius 3 is 2.43 bits per heavy atom. The van der Waals surface area contributed by atoms with Crippen LogP contribution in [0.4, 0.5) is 5.13 Å². The van der Waals surface area contributed by atoms with Crippen LogP contribution in [0.1, 0.15) is 29.2 Å². The number of anilines is 1. The van der Waals surface area contributed by atoms with Crippen molar-refractivity contribution in [1.82, 2.24) is 9.97 Å². The van der Waals surface area contributed by atoms with Gasteiger partial charge in [0.2, 0.25) is 0 Å². The van der Waals surface area contributed by atoms with Gasteiger partial charge in [-0.05, 0) is 57.2 Å². The van der Waals surface area contributed by atoms with Crippen molar-refractivity contribution in [3.63, 3.8) is 0 Å². The van der Waals surface area contributed by atoms with E-state index in [1.165, 1.54) is 35.6 Å². The third-order valence-corrected chi connectivity index (χ3v) is 8.41. The molecule has 0 aliphatic heterocycles. The van der Waals surface area contributed by atoms with Gasteiger partial charge in [0, 0.05) is 5.56 Å². The molecule has 2 aromatic carbocycles. The number of fused-ring (bicyclic) bond motifs is 3. The Bertz CT molecular complexity index is 1300. The molecular weight excluding hydrogens is 414 g/mol. The van der Waals surface area contributed by atoms with Crippen LogP contribution in [0.2, 0.25) is 0 Å². The van der Waals surface area contributed by atoms with Crippen LogP contribution < -0.4 is 5.32 Å². The molecule has 2 heterocycles. The number of carbonyl (C=O) groups excluding carboxylic acids is 1. The number of carbonyl (C=O) groups is 1. The number of thiazole rings is 2. The van der Waals surface area contributed by atoms with Crippen LogP contribution >= 0.6 is 22.7 Å². The van der Waals surface area contributed by atoms with Gasteiger partial charge in [-0.3, -0.25) is 10.1 Å². The van der Waals surface area contributed by atoms with Gasteiger partial charge in [-0.2, -0.15) is 0 Å². The fraction of sp³-hybridized carbons (Fsp3) is 0.211. The molecular formula is C19H17N3O3S3. The van der Waals surface area contributed by atoms with Crippen molar-refractivity contribution in [2.45, 2.75) is 30.9 Å². The molecule has 0 fully saturated rings. The third-order valence-electron chi connectivity index (χ3n) is 4.31. The standard InChI is InChI=1S/C19H17N3O3S3/c1-10(2)28(24,25)13-6-4-12(5-7-13)18(23)22-19-21-14-8-9-15-16(17(14)27-19)20-11(3)26-15/h4-10H,1-3H3,(H,21,22,23). The Labute approximate surface area is 170 Å². The maximum Gasteiger partial charge on any atom is 0.257 e. The lowest BCUT2D eigenvalue weighted by molar-refractivity contribution is 0.102. The molecule has 0 atom stereocenters. The number of sulfone groups is 1. The maximum atomic E-state index is 12.5. The molecule has 0 spiro atoms. The zero-order chi connectivity index (χ0) is 20.1. The largest absolute Gasteiger partial charge is 0.298 e. The molecule has 0 aliphatic rings. The number of nitrogens with zero attached hydrogens (tertiary/aromatic N) is 2. The van der Waals surface area contributed by atoms with Gasteiger partial charge < -0.3 is 0 Å². The molecule has 28 heavy (non-hydrogen) atoms. The van der Waals surface area contributed by atoms with Crippen LogP contribution in [-0.2, 0) is 9.84 Å². The van der Waals surface area contributed by atoms with Crippen molar-refractivity contribution >= 4 is 64.0 Å². The first kappa shape index (κ1) is 19.0. The van der Waals surface area contributed by atoms with Crippen molar-refractivity contribution in [3.8, 4) is 0 Å². The van der Waals surface area contributed by atoms with Gasteiger partial charge in [-0.25, -0.2) is 18.4 Å². The van der Waals surface area contributed by atoms with E-state index in [9.17, 15) is 13.2 Å². The van der Waals surface area contributed by atoms with Gasteiger partial charge in [0.1, 0.15) is 5.52 Å². The van der Waals surface area contributed by atoms with E-state index in [0.29, 0.717) is 10.7 Å². The first-order valence-electron chi connectivity index (χ1n) is 8.57. The summed E-state index contributed by atoms with van der Waals surface area (Å²) in [7, 11) is -3.36.